The van der Waals surface area contributed by atoms with Gasteiger partial charge in [-0.15, -0.1) is 0 Å². The molecule has 0 saturated heterocycles. The third-order valence-electron chi connectivity index (χ3n) is 5.35. The van der Waals surface area contributed by atoms with E-state index in [2.05, 4.69) is 5.32 Å². The van der Waals surface area contributed by atoms with Crippen LogP contribution in [-0.4, -0.2) is 37.0 Å². The van der Waals surface area contributed by atoms with E-state index in [4.69, 9.17) is 16.3 Å². The van der Waals surface area contributed by atoms with Crippen molar-refractivity contribution in [3.8, 4) is 0 Å². The van der Waals surface area contributed by atoms with E-state index in [1.165, 1.54) is 12.1 Å². The maximum Gasteiger partial charge on any atom is 0.247 e. The monoisotopic (exact) mass is 482 g/mol. The Morgan fingerprint density at radius 1 is 0.971 bits per heavy atom. The van der Waals surface area contributed by atoms with E-state index in [9.17, 15) is 14.0 Å². The molecule has 0 bridgehead atoms. The van der Waals surface area contributed by atoms with Crippen LogP contribution in [0.4, 0.5) is 4.39 Å². The summed E-state index contributed by atoms with van der Waals surface area (Å²) in [5.41, 5.74) is 2.20. The summed E-state index contributed by atoms with van der Waals surface area (Å²) in [6.45, 7) is 1.09. The lowest BCUT2D eigenvalue weighted by molar-refractivity contribution is -0.141. The summed E-state index contributed by atoms with van der Waals surface area (Å²) in [7, 11) is 1.61. The summed E-state index contributed by atoms with van der Waals surface area (Å²) >= 11 is 5.99. The molecule has 178 valence electrons. The average Bonchev–Trinajstić information content (AvgIpc) is 2.85. The molecule has 0 aliphatic carbocycles. The molecule has 3 rings (SSSR count). The van der Waals surface area contributed by atoms with E-state index < -0.39 is 6.04 Å². The molecule has 1 atom stereocenters. The predicted molar refractivity (Wildman–Crippen MR) is 131 cm³/mol. The third-order valence-corrected chi connectivity index (χ3v) is 5.61. The highest BCUT2D eigenvalue weighted by molar-refractivity contribution is 6.30. The number of halogens is 2. The number of ether oxygens (including phenoxy) is 1. The molecule has 0 saturated carbocycles. The van der Waals surface area contributed by atoms with Gasteiger partial charge in [0, 0.05) is 31.8 Å². The maximum atomic E-state index is 13.6. The van der Waals surface area contributed by atoms with Crippen LogP contribution < -0.4 is 5.32 Å². The van der Waals surface area contributed by atoms with Gasteiger partial charge in [0.15, 0.2) is 0 Å². The summed E-state index contributed by atoms with van der Waals surface area (Å²) in [6, 6.07) is 21.3. The third kappa shape index (κ3) is 7.40. The molecule has 0 aliphatic heterocycles. The van der Waals surface area contributed by atoms with Gasteiger partial charge in [-0.1, -0.05) is 66.2 Å². The van der Waals surface area contributed by atoms with Crippen LogP contribution in [0.3, 0.4) is 0 Å². The molecule has 1 N–H and O–H groups in total. The molecule has 3 aromatic carbocycles. The Bertz CT molecular complexity index is 1060. The van der Waals surface area contributed by atoms with Gasteiger partial charge in [-0.3, -0.25) is 9.59 Å². The minimum atomic E-state index is -0.853. The minimum absolute atomic E-state index is 0.0959. The van der Waals surface area contributed by atoms with Gasteiger partial charge in [-0.25, -0.2) is 4.39 Å². The topological polar surface area (TPSA) is 58.6 Å². The number of benzene rings is 3. The fourth-order valence-electron chi connectivity index (χ4n) is 3.62. The number of nitrogens with one attached hydrogen (secondary N) is 1. The molecular weight excluding hydrogens is 455 g/mol. The van der Waals surface area contributed by atoms with Gasteiger partial charge in [0.2, 0.25) is 11.8 Å². The van der Waals surface area contributed by atoms with Gasteiger partial charge in [-0.2, -0.15) is 0 Å². The number of hydrogen-bond acceptors (Lipinski definition) is 3. The van der Waals surface area contributed by atoms with Crippen LogP contribution in [0.15, 0.2) is 78.9 Å². The number of carbonyl (C=O) groups excluding carboxylic acids is 2. The molecule has 0 radical (unpaired) electrons. The van der Waals surface area contributed by atoms with Gasteiger partial charge in [0.1, 0.15) is 11.9 Å². The first-order chi connectivity index (χ1) is 16.5. The van der Waals surface area contributed by atoms with Crippen LogP contribution >= 0.6 is 11.6 Å². The Kier molecular flexibility index (Phi) is 9.62. The van der Waals surface area contributed by atoms with Crippen molar-refractivity contribution >= 4 is 23.4 Å². The van der Waals surface area contributed by atoms with Gasteiger partial charge in [0.25, 0.3) is 0 Å². The predicted octanol–water partition coefficient (Wildman–Crippen LogP) is 4.94. The minimum Gasteiger partial charge on any atom is -0.385 e. The highest BCUT2D eigenvalue weighted by Crippen LogP contribution is 2.25. The summed E-state index contributed by atoms with van der Waals surface area (Å²) in [4.78, 5) is 28.5. The second-order valence-electron chi connectivity index (χ2n) is 7.90. The zero-order valence-corrected chi connectivity index (χ0v) is 19.8. The maximum absolute atomic E-state index is 13.6. The SMILES string of the molecule is COCCCNC(=O)[C@@H](c1ccccc1)N(Cc1ccc(F)cc1)C(=O)Cc1ccc(Cl)cc1. The Labute approximate surface area is 204 Å². The smallest absolute Gasteiger partial charge is 0.247 e. The van der Waals surface area contributed by atoms with Crippen molar-refractivity contribution in [2.24, 2.45) is 0 Å². The van der Waals surface area contributed by atoms with E-state index in [1.807, 2.05) is 30.3 Å². The molecule has 0 aromatic heterocycles. The summed E-state index contributed by atoms with van der Waals surface area (Å²) in [6.07, 6.45) is 0.749. The largest absolute Gasteiger partial charge is 0.385 e. The standard InChI is InChI=1S/C27H28ClFN2O3/c1-34-17-5-16-30-27(33)26(22-6-3-2-4-7-22)31(19-21-10-14-24(29)15-11-21)25(32)18-20-8-12-23(28)13-9-20/h2-4,6-15,26H,5,16-19H2,1H3,(H,30,33)/t26-/m1/s1. The van der Waals surface area contributed by atoms with Crippen molar-refractivity contribution in [3.05, 3.63) is 106 Å². The van der Waals surface area contributed by atoms with Gasteiger partial charge in [-0.05, 0) is 47.4 Å². The van der Waals surface area contributed by atoms with E-state index in [0.29, 0.717) is 30.2 Å². The van der Waals surface area contributed by atoms with E-state index in [-0.39, 0.29) is 30.6 Å². The lowest BCUT2D eigenvalue weighted by Crippen LogP contribution is -2.44. The molecule has 0 aliphatic rings. The van der Waals surface area contributed by atoms with Crippen molar-refractivity contribution < 1.29 is 18.7 Å². The normalized spacial score (nSPS) is 11.6. The Morgan fingerprint density at radius 3 is 2.26 bits per heavy atom. The zero-order chi connectivity index (χ0) is 24.3. The van der Waals surface area contributed by atoms with Crippen molar-refractivity contribution in [2.45, 2.75) is 25.4 Å². The number of amides is 2. The molecule has 3 aromatic rings. The van der Waals surface area contributed by atoms with Crippen molar-refractivity contribution in [2.75, 3.05) is 20.3 Å². The van der Waals surface area contributed by atoms with Crippen LogP contribution in [0.5, 0.6) is 0 Å². The van der Waals surface area contributed by atoms with Gasteiger partial charge >= 0.3 is 0 Å². The number of nitrogens with zero attached hydrogens (tertiary/aromatic N) is 1. The van der Waals surface area contributed by atoms with Crippen LogP contribution in [-0.2, 0) is 27.3 Å². The van der Waals surface area contributed by atoms with Crippen molar-refractivity contribution in [1.29, 1.82) is 0 Å². The van der Waals surface area contributed by atoms with E-state index in [0.717, 1.165) is 11.1 Å². The van der Waals surface area contributed by atoms with Crippen LogP contribution in [0.2, 0.25) is 5.02 Å². The highest BCUT2D eigenvalue weighted by atomic mass is 35.5. The van der Waals surface area contributed by atoms with E-state index in [1.54, 1.807) is 48.4 Å². The summed E-state index contributed by atoms with van der Waals surface area (Å²) in [5, 5.41) is 3.51. The Balaban J connectivity index is 1.93. The molecule has 5 nitrogen and oxygen atoms in total. The lowest BCUT2D eigenvalue weighted by Gasteiger charge is -2.32. The number of rotatable bonds is 11. The molecule has 0 spiro atoms. The van der Waals surface area contributed by atoms with Crippen molar-refractivity contribution in [3.63, 3.8) is 0 Å². The van der Waals surface area contributed by atoms with Crippen molar-refractivity contribution in [1.82, 2.24) is 10.2 Å². The zero-order valence-electron chi connectivity index (χ0n) is 19.0. The molecular formula is C27H28ClFN2O3. The fraction of sp³-hybridized carbons (Fsp3) is 0.259. The Hall–Kier alpha value is -3.22. The molecule has 0 fully saturated rings. The lowest BCUT2D eigenvalue weighted by atomic mass is 10.0. The number of hydrogen-bond donors (Lipinski definition) is 1. The summed E-state index contributed by atoms with van der Waals surface area (Å²) in [5.74, 6) is -0.875. The first kappa shape index (κ1) is 25.4. The van der Waals surface area contributed by atoms with E-state index >= 15 is 0 Å². The molecule has 2 amide bonds. The van der Waals surface area contributed by atoms with Crippen LogP contribution in [0.25, 0.3) is 0 Å². The van der Waals surface area contributed by atoms with Crippen LogP contribution in [0.1, 0.15) is 29.2 Å². The second-order valence-corrected chi connectivity index (χ2v) is 8.34. The Morgan fingerprint density at radius 2 is 1.62 bits per heavy atom. The fourth-order valence-corrected chi connectivity index (χ4v) is 3.75. The van der Waals surface area contributed by atoms with Gasteiger partial charge in [0.05, 0.1) is 6.42 Å². The van der Waals surface area contributed by atoms with Crippen LogP contribution in [0, 0.1) is 5.82 Å². The number of methoxy groups -OCH3 is 1. The molecule has 34 heavy (non-hydrogen) atoms. The average molecular weight is 483 g/mol. The quantitative estimate of drug-likeness (QED) is 0.394. The highest BCUT2D eigenvalue weighted by Gasteiger charge is 2.31. The molecule has 7 heteroatoms. The first-order valence-electron chi connectivity index (χ1n) is 11.1. The second kappa shape index (κ2) is 12.9. The number of carbonyl (C=O) groups is 2. The summed E-state index contributed by atoms with van der Waals surface area (Å²) < 4.78 is 18.6. The molecule has 0 heterocycles. The molecule has 0 unspecified atom stereocenters. The first-order valence-corrected chi connectivity index (χ1v) is 11.5. The van der Waals surface area contributed by atoms with Gasteiger partial charge < -0.3 is 15.0 Å².